The normalized spacial score (nSPS) is 19.2. The van der Waals surface area contributed by atoms with Crippen molar-refractivity contribution in [3.8, 4) is 0 Å². The van der Waals surface area contributed by atoms with E-state index in [1.165, 1.54) is 16.8 Å². The third kappa shape index (κ3) is 2.60. The van der Waals surface area contributed by atoms with Crippen molar-refractivity contribution in [1.82, 2.24) is 14.6 Å². The lowest BCUT2D eigenvalue weighted by Crippen LogP contribution is -2.40. The van der Waals surface area contributed by atoms with Crippen LogP contribution >= 0.6 is 0 Å². The van der Waals surface area contributed by atoms with Crippen LogP contribution in [0.3, 0.4) is 0 Å². The van der Waals surface area contributed by atoms with Crippen LogP contribution in [0.5, 0.6) is 0 Å². The Bertz CT molecular complexity index is 997. The lowest BCUT2D eigenvalue weighted by atomic mass is 10.0. The van der Waals surface area contributed by atoms with E-state index in [0.29, 0.717) is 5.65 Å². The number of hydrogen-bond acceptors (Lipinski definition) is 4. The number of anilines is 1. The van der Waals surface area contributed by atoms with Crippen molar-refractivity contribution >= 4 is 17.4 Å². The largest absolute Gasteiger partial charge is 0.365 e. The summed E-state index contributed by atoms with van der Waals surface area (Å²) >= 11 is 0. The smallest absolute Gasteiger partial charge is 0.254 e. The summed E-state index contributed by atoms with van der Waals surface area (Å²) in [6.45, 7) is 4.28. The van der Waals surface area contributed by atoms with Crippen molar-refractivity contribution in [2.24, 2.45) is 5.73 Å². The Morgan fingerprint density at radius 2 is 2.15 bits per heavy atom. The van der Waals surface area contributed by atoms with Gasteiger partial charge in [-0.15, -0.1) is 0 Å². The molecule has 0 spiro atoms. The van der Waals surface area contributed by atoms with Gasteiger partial charge in [0.25, 0.3) is 5.91 Å². The Morgan fingerprint density at radius 3 is 2.88 bits per heavy atom. The van der Waals surface area contributed by atoms with Gasteiger partial charge < -0.3 is 10.6 Å². The van der Waals surface area contributed by atoms with Crippen LogP contribution in [0.15, 0.2) is 42.7 Å². The molecule has 0 saturated carbocycles. The minimum atomic E-state index is -0.563. The Kier molecular flexibility index (Phi) is 3.68. The van der Waals surface area contributed by atoms with E-state index >= 15 is 0 Å². The molecule has 0 bridgehead atoms. The van der Waals surface area contributed by atoms with Crippen LogP contribution in [-0.2, 0) is 0 Å². The van der Waals surface area contributed by atoms with Gasteiger partial charge in [0.15, 0.2) is 5.65 Å². The average molecular weight is 353 g/mol. The SMILES string of the molecule is CC1(C)CC[C@@H](c2cccc(F)c2)N1c1ccn2ncc(C(N)=O)c2n1. The second-order valence-corrected chi connectivity index (χ2v) is 7.27. The highest BCUT2D eigenvalue weighted by Gasteiger charge is 2.41. The number of nitrogens with zero attached hydrogens (tertiary/aromatic N) is 4. The number of amides is 1. The zero-order chi connectivity index (χ0) is 18.5. The molecule has 1 aliphatic heterocycles. The van der Waals surface area contributed by atoms with Gasteiger partial charge in [-0.3, -0.25) is 4.79 Å². The predicted molar refractivity (Wildman–Crippen MR) is 96.4 cm³/mol. The summed E-state index contributed by atoms with van der Waals surface area (Å²) in [6, 6.07) is 8.57. The molecule has 0 unspecified atom stereocenters. The molecule has 3 heterocycles. The van der Waals surface area contributed by atoms with Gasteiger partial charge >= 0.3 is 0 Å². The van der Waals surface area contributed by atoms with Gasteiger partial charge in [-0.25, -0.2) is 13.9 Å². The number of carbonyl (C=O) groups is 1. The number of halogens is 1. The molecular formula is C19H20FN5O. The van der Waals surface area contributed by atoms with Crippen LogP contribution in [-0.4, -0.2) is 26.0 Å². The van der Waals surface area contributed by atoms with Crippen LogP contribution in [0.25, 0.3) is 5.65 Å². The van der Waals surface area contributed by atoms with Crippen molar-refractivity contribution in [3.63, 3.8) is 0 Å². The third-order valence-electron chi connectivity index (χ3n) is 5.09. The van der Waals surface area contributed by atoms with Crippen LogP contribution < -0.4 is 10.6 Å². The average Bonchev–Trinajstić information content (AvgIpc) is 3.14. The second-order valence-electron chi connectivity index (χ2n) is 7.27. The van der Waals surface area contributed by atoms with E-state index in [0.717, 1.165) is 24.2 Å². The summed E-state index contributed by atoms with van der Waals surface area (Å²) in [5.74, 6) is -0.0911. The fraction of sp³-hybridized carbons (Fsp3) is 0.316. The molecule has 0 aliphatic carbocycles. The molecule has 4 rings (SSSR count). The topological polar surface area (TPSA) is 76.5 Å². The van der Waals surface area contributed by atoms with E-state index in [2.05, 4.69) is 28.8 Å². The van der Waals surface area contributed by atoms with E-state index in [1.54, 1.807) is 18.3 Å². The highest BCUT2D eigenvalue weighted by Crippen LogP contribution is 2.44. The van der Waals surface area contributed by atoms with E-state index in [1.807, 2.05) is 12.1 Å². The van der Waals surface area contributed by atoms with E-state index < -0.39 is 5.91 Å². The lowest BCUT2D eigenvalue weighted by molar-refractivity contribution is 0.100. The zero-order valence-corrected chi connectivity index (χ0v) is 14.7. The lowest BCUT2D eigenvalue weighted by Gasteiger charge is -2.37. The summed E-state index contributed by atoms with van der Waals surface area (Å²) in [7, 11) is 0. The third-order valence-corrected chi connectivity index (χ3v) is 5.09. The van der Waals surface area contributed by atoms with E-state index in [-0.39, 0.29) is 23.0 Å². The van der Waals surface area contributed by atoms with E-state index in [9.17, 15) is 9.18 Å². The van der Waals surface area contributed by atoms with Crippen molar-refractivity contribution in [2.75, 3.05) is 4.90 Å². The number of rotatable bonds is 3. The Morgan fingerprint density at radius 1 is 1.35 bits per heavy atom. The van der Waals surface area contributed by atoms with Gasteiger partial charge in [0.1, 0.15) is 17.2 Å². The number of benzene rings is 1. The number of fused-ring (bicyclic) bond motifs is 1. The van der Waals surface area contributed by atoms with Gasteiger partial charge in [0.2, 0.25) is 0 Å². The van der Waals surface area contributed by atoms with Crippen molar-refractivity contribution in [1.29, 1.82) is 0 Å². The number of primary amides is 1. The molecule has 1 aromatic carbocycles. The van der Waals surface area contributed by atoms with Gasteiger partial charge in [-0.05, 0) is 50.5 Å². The van der Waals surface area contributed by atoms with Crippen molar-refractivity contribution < 1.29 is 9.18 Å². The van der Waals surface area contributed by atoms with Crippen molar-refractivity contribution in [2.45, 2.75) is 38.3 Å². The van der Waals surface area contributed by atoms with Crippen LogP contribution in [0.4, 0.5) is 10.2 Å². The first kappa shape index (κ1) is 16.5. The Labute approximate surface area is 150 Å². The first-order valence-corrected chi connectivity index (χ1v) is 8.56. The molecule has 6 nitrogen and oxygen atoms in total. The zero-order valence-electron chi connectivity index (χ0n) is 14.7. The van der Waals surface area contributed by atoms with E-state index in [4.69, 9.17) is 5.73 Å². The summed E-state index contributed by atoms with van der Waals surface area (Å²) in [6.07, 6.45) is 5.03. The minimum Gasteiger partial charge on any atom is -0.365 e. The molecule has 26 heavy (non-hydrogen) atoms. The maximum atomic E-state index is 13.8. The van der Waals surface area contributed by atoms with Crippen LogP contribution in [0.2, 0.25) is 0 Å². The number of carbonyl (C=O) groups excluding carboxylic acids is 1. The summed E-state index contributed by atoms with van der Waals surface area (Å²) < 4.78 is 15.3. The fourth-order valence-corrected chi connectivity index (χ4v) is 3.83. The van der Waals surface area contributed by atoms with Crippen LogP contribution in [0.1, 0.15) is 48.7 Å². The first-order chi connectivity index (χ1) is 12.4. The monoisotopic (exact) mass is 353 g/mol. The predicted octanol–water partition coefficient (Wildman–Crippen LogP) is 3.09. The fourth-order valence-electron chi connectivity index (χ4n) is 3.83. The molecule has 134 valence electrons. The number of aromatic nitrogens is 3. The first-order valence-electron chi connectivity index (χ1n) is 8.56. The molecule has 1 fully saturated rings. The van der Waals surface area contributed by atoms with Gasteiger partial charge in [-0.1, -0.05) is 12.1 Å². The highest BCUT2D eigenvalue weighted by atomic mass is 19.1. The highest BCUT2D eigenvalue weighted by molar-refractivity contribution is 5.98. The maximum Gasteiger partial charge on any atom is 0.254 e. The minimum absolute atomic E-state index is 0.00981. The number of hydrogen-bond donors (Lipinski definition) is 1. The summed E-state index contributed by atoms with van der Waals surface area (Å²) in [5.41, 5.74) is 6.90. The maximum absolute atomic E-state index is 13.8. The molecule has 3 aromatic rings. The van der Waals surface area contributed by atoms with Crippen LogP contribution in [0, 0.1) is 5.82 Å². The molecule has 1 aliphatic rings. The molecule has 0 radical (unpaired) electrons. The molecule has 1 saturated heterocycles. The molecular weight excluding hydrogens is 333 g/mol. The Hall–Kier alpha value is -2.96. The quantitative estimate of drug-likeness (QED) is 0.785. The molecule has 1 atom stereocenters. The van der Waals surface area contributed by atoms with Gasteiger partial charge in [0, 0.05) is 11.7 Å². The van der Waals surface area contributed by atoms with Gasteiger partial charge in [0.05, 0.1) is 12.2 Å². The Balaban J connectivity index is 1.83. The molecule has 7 heteroatoms. The number of nitrogens with two attached hydrogens (primary N) is 1. The molecule has 1 amide bonds. The molecule has 2 N–H and O–H groups in total. The standard InChI is InChI=1S/C19H20FN5O/c1-19(2)8-6-15(12-4-3-5-13(20)10-12)25(19)16-7-9-24-18(23-16)14(11-22-24)17(21)26/h3-5,7,9-11,15H,6,8H2,1-2H3,(H2,21,26)/t15-/m0/s1. The summed E-state index contributed by atoms with van der Waals surface area (Å²) in [5, 5.41) is 4.12. The summed E-state index contributed by atoms with van der Waals surface area (Å²) in [4.78, 5) is 18.5. The molecule has 2 aromatic heterocycles. The van der Waals surface area contributed by atoms with Crippen molar-refractivity contribution in [3.05, 3.63) is 59.7 Å². The second kappa shape index (κ2) is 5.79. The van der Waals surface area contributed by atoms with Gasteiger partial charge in [-0.2, -0.15) is 5.10 Å².